The topological polar surface area (TPSA) is 0 Å². The van der Waals surface area contributed by atoms with Crippen LogP contribution in [0.3, 0.4) is 0 Å². The highest BCUT2D eigenvalue weighted by Crippen LogP contribution is 2.16. The van der Waals surface area contributed by atoms with Crippen molar-refractivity contribution in [1.82, 2.24) is 0 Å². The molecule has 3 rings (SSSR count). The normalized spacial score (nSPS) is 11.4. The Morgan fingerprint density at radius 2 is 1.19 bits per heavy atom. The third-order valence-electron chi connectivity index (χ3n) is 3.27. The van der Waals surface area contributed by atoms with Gasteiger partial charge in [0.1, 0.15) is 0 Å². The molecule has 1 atom stereocenters. The predicted molar refractivity (Wildman–Crippen MR) is 95.8 cm³/mol. The molecule has 3 aromatic rings. The van der Waals surface area contributed by atoms with Gasteiger partial charge >= 0.3 is 0 Å². The lowest BCUT2D eigenvalue weighted by Gasteiger charge is -2.06. The summed E-state index contributed by atoms with van der Waals surface area (Å²) in [5.74, 6) is 0. The van der Waals surface area contributed by atoms with Gasteiger partial charge in [0.2, 0.25) is 0 Å². The van der Waals surface area contributed by atoms with E-state index in [1.807, 2.05) is 6.07 Å². The van der Waals surface area contributed by atoms with Gasteiger partial charge in [-0.2, -0.15) is 0 Å². The van der Waals surface area contributed by atoms with Crippen molar-refractivity contribution in [1.29, 1.82) is 0 Å². The molecule has 0 spiro atoms. The smallest absolute Gasteiger partial charge is 0.0154 e. The van der Waals surface area contributed by atoms with E-state index in [9.17, 15) is 0 Å². The van der Waals surface area contributed by atoms with Gasteiger partial charge in [-0.1, -0.05) is 106 Å². The zero-order valence-corrected chi connectivity index (χ0v) is 12.7. The molecule has 0 heterocycles. The molecule has 0 aromatic heterocycles. The highest BCUT2D eigenvalue weighted by atomic mass is 31.1. The molecule has 0 aliphatic rings. The summed E-state index contributed by atoms with van der Waals surface area (Å²) in [5, 5.41) is 2.76. The van der Waals surface area contributed by atoms with Crippen LogP contribution in [0.5, 0.6) is 0 Å². The van der Waals surface area contributed by atoms with Crippen LogP contribution in [0.4, 0.5) is 0 Å². The van der Waals surface area contributed by atoms with Crippen LogP contribution in [0.2, 0.25) is 0 Å². The van der Waals surface area contributed by atoms with E-state index < -0.39 is 0 Å². The summed E-state index contributed by atoms with van der Waals surface area (Å²) < 4.78 is 0. The Labute approximate surface area is 128 Å². The molecule has 0 saturated carbocycles. The van der Waals surface area contributed by atoms with Crippen LogP contribution in [0.15, 0.2) is 84.9 Å². The van der Waals surface area contributed by atoms with Crippen LogP contribution in [-0.2, 0) is 0 Å². The van der Waals surface area contributed by atoms with Crippen LogP contribution >= 0.6 is 8.58 Å². The molecule has 3 aromatic carbocycles. The molecule has 0 bridgehead atoms. The fourth-order valence-electron chi connectivity index (χ4n) is 2.18. The Bertz CT molecular complexity index is 715. The summed E-state index contributed by atoms with van der Waals surface area (Å²) in [6, 6.07) is 29.7. The quantitative estimate of drug-likeness (QED) is 0.490. The second-order valence-electron chi connectivity index (χ2n) is 4.82. The van der Waals surface area contributed by atoms with Crippen LogP contribution < -0.4 is 10.6 Å². The Morgan fingerprint density at radius 1 is 0.571 bits per heavy atom. The van der Waals surface area contributed by atoms with Crippen LogP contribution in [-0.4, -0.2) is 0 Å². The largest absolute Gasteiger partial charge is 0.0622 e. The van der Waals surface area contributed by atoms with Crippen LogP contribution in [0.1, 0.15) is 11.1 Å². The number of hydrogen-bond acceptors (Lipinski definition) is 0. The molecule has 0 saturated heterocycles. The number of rotatable bonds is 4. The zero-order valence-electron chi connectivity index (χ0n) is 11.7. The third kappa shape index (κ3) is 3.90. The van der Waals surface area contributed by atoms with E-state index in [4.69, 9.17) is 0 Å². The van der Waals surface area contributed by atoms with Crippen molar-refractivity contribution in [2.75, 3.05) is 0 Å². The second-order valence-corrected chi connectivity index (χ2v) is 6.19. The van der Waals surface area contributed by atoms with Crippen molar-refractivity contribution < 1.29 is 0 Å². The van der Waals surface area contributed by atoms with E-state index >= 15 is 0 Å². The van der Waals surface area contributed by atoms with Crippen molar-refractivity contribution in [3.63, 3.8) is 0 Å². The second kappa shape index (κ2) is 7.02. The van der Waals surface area contributed by atoms with Gasteiger partial charge in [0.05, 0.1) is 0 Å². The fraction of sp³-hybridized carbons (Fsp3) is 0. The Kier molecular flexibility index (Phi) is 4.61. The summed E-state index contributed by atoms with van der Waals surface area (Å²) >= 11 is 0. The van der Waals surface area contributed by atoms with E-state index in [1.165, 1.54) is 21.7 Å². The first kappa shape index (κ1) is 13.8. The van der Waals surface area contributed by atoms with E-state index in [0.717, 1.165) is 0 Å². The van der Waals surface area contributed by atoms with Gasteiger partial charge in [0.25, 0.3) is 0 Å². The Morgan fingerprint density at radius 3 is 1.95 bits per heavy atom. The maximum absolute atomic E-state index is 2.22. The lowest BCUT2D eigenvalue weighted by atomic mass is 10.1. The maximum atomic E-state index is 2.22. The fourth-order valence-corrected chi connectivity index (χ4v) is 3.34. The molecule has 0 radical (unpaired) electrons. The molecule has 21 heavy (non-hydrogen) atoms. The molecule has 1 unspecified atom stereocenters. The highest BCUT2D eigenvalue weighted by molar-refractivity contribution is 7.55. The maximum Gasteiger partial charge on any atom is -0.0154 e. The molecular formula is C20H17P. The number of hydrogen-bond donors (Lipinski definition) is 0. The molecular weight excluding hydrogens is 271 g/mol. The molecule has 0 aliphatic heterocycles. The summed E-state index contributed by atoms with van der Waals surface area (Å²) in [4.78, 5) is 0. The van der Waals surface area contributed by atoms with Crippen molar-refractivity contribution in [3.8, 4) is 0 Å². The summed E-state index contributed by atoms with van der Waals surface area (Å²) in [6.07, 6.45) is 4.38. The van der Waals surface area contributed by atoms with Gasteiger partial charge in [-0.05, 0) is 21.7 Å². The zero-order chi connectivity index (χ0) is 14.3. The van der Waals surface area contributed by atoms with Crippen molar-refractivity contribution in [3.05, 3.63) is 96.1 Å². The lowest BCUT2D eigenvalue weighted by Crippen LogP contribution is -2.05. The minimum atomic E-state index is 0.692. The molecule has 1 heteroatoms. The van der Waals surface area contributed by atoms with Crippen molar-refractivity contribution in [2.45, 2.75) is 0 Å². The lowest BCUT2D eigenvalue weighted by molar-refractivity contribution is 1.66. The minimum absolute atomic E-state index is 0.692. The summed E-state index contributed by atoms with van der Waals surface area (Å²) in [7, 11) is 0.692. The first-order chi connectivity index (χ1) is 10.4. The standard InChI is InChI=1S/C20H17P/c1-3-9-17(10-4-1)15-16-18-11-7-8-14-20(18)21-19-12-5-2-6-13-19/h1-16,21H/b16-15+. The van der Waals surface area contributed by atoms with Gasteiger partial charge in [0, 0.05) is 0 Å². The van der Waals surface area contributed by atoms with E-state index in [2.05, 4.69) is 91.0 Å². The molecule has 0 nitrogen and oxygen atoms in total. The third-order valence-corrected chi connectivity index (χ3v) is 4.62. The molecule has 0 aliphatic carbocycles. The summed E-state index contributed by atoms with van der Waals surface area (Å²) in [6.45, 7) is 0. The van der Waals surface area contributed by atoms with E-state index in [0.29, 0.717) is 8.58 Å². The van der Waals surface area contributed by atoms with Crippen molar-refractivity contribution >= 4 is 31.3 Å². The number of benzene rings is 3. The van der Waals surface area contributed by atoms with Gasteiger partial charge < -0.3 is 0 Å². The first-order valence-corrected chi connectivity index (χ1v) is 8.06. The molecule has 102 valence electrons. The Balaban J connectivity index is 1.84. The van der Waals surface area contributed by atoms with Gasteiger partial charge in [-0.15, -0.1) is 0 Å². The van der Waals surface area contributed by atoms with Crippen LogP contribution in [0.25, 0.3) is 12.2 Å². The van der Waals surface area contributed by atoms with Crippen molar-refractivity contribution in [2.24, 2.45) is 0 Å². The van der Waals surface area contributed by atoms with Gasteiger partial charge in [0.15, 0.2) is 0 Å². The van der Waals surface area contributed by atoms with Gasteiger partial charge in [-0.25, -0.2) is 0 Å². The molecule has 0 N–H and O–H groups in total. The van der Waals surface area contributed by atoms with E-state index in [1.54, 1.807) is 0 Å². The molecule has 0 fully saturated rings. The van der Waals surface area contributed by atoms with Crippen LogP contribution in [0, 0.1) is 0 Å². The highest BCUT2D eigenvalue weighted by Gasteiger charge is 2.00. The molecule has 0 amide bonds. The average Bonchev–Trinajstić information content (AvgIpc) is 2.56. The average molecular weight is 288 g/mol. The predicted octanol–water partition coefficient (Wildman–Crippen LogP) is 4.49. The summed E-state index contributed by atoms with van der Waals surface area (Å²) in [5.41, 5.74) is 2.53. The van der Waals surface area contributed by atoms with E-state index in [-0.39, 0.29) is 0 Å². The Hall–Kier alpha value is -2.17. The first-order valence-electron chi connectivity index (χ1n) is 7.06. The minimum Gasteiger partial charge on any atom is -0.0622 e. The van der Waals surface area contributed by atoms with Gasteiger partial charge in [-0.3, -0.25) is 0 Å². The monoisotopic (exact) mass is 288 g/mol. The SMILES string of the molecule is C(=C\c1ccccc1Pc1ccccc1)/c1ccccc1.